The molecule has 74 valence electrons. The molecule has 0 aromatic heterocycles. The first kappa shape index (κ1) is 12.6. The third-order valence-electron chi connectivity index (χ3n) is 1.17. The van der Waals surface area contributed by atoms with Gasteiger partial charge in [-0.05, 0) is 6.92 Å². The summed E-state index contributed by atoms with van der Waals surface area (Å²) in [7, 11) is 0. The molecule has 0 aromatic rings. The van der Waals surface area contributed by atoms with E-state index in [4.69, 9.17) is 14.2 Å². The van der Waals surface area contributed by atoms with Gasteiger partial charge in [0.2, 0.25) is 0 Å². The molecule has 0 saturated carbocycles. The van der Waals surface area contributed by atoms with E-state index in [0.29, 0.717) is 26.4 Å². The van der Waals surface area contributed by atoms with Gasteiger partial charge < -0.3 is 14.2 Å². The minimum Gasteiger partial charge on any atom is -0.379 e. The number of halogens is 1. The first-order valence-corrected chi connectivity index (χ1v) is 5.73. The van der Waals surface area contributed by atoms with Crippen LogP contribution in [0.3, 0.4) is 0 Å². The highest BCUT2D eigenvalue weighted by molar-refractivity contribution is 14.1. The zero-order valence-corrected chi connectivity index (χ0v) is 9.71. The van der Waals surface area contributed by atoms with Gasteiger partial charge in [-0.1, -0.05) is 22.6 Å². The first-order valence-electron chi connectivity index (χ1n) is 4.21. The van der Waals surface area contributed by atoms with Gasteiger partial charge in [0, 0.05) is 11.0 Å². The zero-order chi connectivity index (χ0) is 9.07. The van der Waals surface area contributed by atoms with Crippen LogP contribution in [-0.2, 0) is 14.2 Å². The summed E-state index contributed by atoms with van der Waals surface area (Å²) in [6, 6.07) is 0. The highest BCUT2D eigenvalue weighted by Gasteiger charge is 1.88. The standard InChI is InChI=1S/C8H17IO3/c1-2-10-5-6-12-8-7-11-4-3-9/h2-8H2,1H3. The van der Waals surface area contributed by atoms with Gasteiger partial charge in [0.1, 0.15) is 0 Å². The molecule has 0 rings (SSSR count). The molecule has 0 saturated heterocycles. The Morgan fingerprint density at radius 1 is 0.833 bits per heavy atom. The van der Waals surface area contributed by atoms with Crippen molar-refractivity contribution in [2.24, 2.45) is 0 Å². The van der Waals surface area contributed by atoms with Crippen molar-refractivity contribution in [3.63, 3.8) is 0 Å². The first-order chi connectivity index (χ1) is 5.91. The van der Waals surface area contributed by atoms with Gasteiger partial charge in [-0.2, -0.15) is 0 Å². The van der Waals surface area contributed by atoms with Gasteiger partial charge in [-0.15, -0.1) is 0 Å². The van der Waals surface area contributed by atoms with Crippen molar-refractivity contribution < 1.29 is 14.2 Å². The van der Waals surface area contributed by atoms with Crippen molar-refractivity contribution >= 4 is 22.6 Å². The Labute approximate surface area is 87.9 Å². The summed E-state index contributed by atoms with van der Waals surface area (Å²) in [5.74, 6) is 0. The second-order valence-corrected chi connectivity index (χ2v) is 3.19. The molecule has 0 bridgehead atoms. The third kappa shape index (κ3) is 10.6. The van der Waals surface area contributed by atoms with E-state index in [2.05, 4.69) is 22.6 Å². The number of hydrogen-bond acceptors (Lipinski definition) is 3. The van der Waals surface area contributed by atoms with Crippen LogP contribution >= 0.6 is 22.6 Å². The van der Waals surface area contributed by atoms with Gasteiger partial charge >= 0.3 is 0 Å². The van der Waals surface area contributed by atoms with Crippen molar-refractivity contribution in [3.05, 3.63) is 0 Å². The summed E-state index contributed by atoms with van der Waals surface area (Å²) in [6.45, 7) is 6.26. The monoisotopic (exact) mass is 288 g/mol. The van der Waals surface area contributed by atoms with Crippen LogP contribution in [0.4, 0.5) is 0 Å². The minimum atomic E-state index is 0.668. The average Bonchev–Trinajstić information content (AvgIpc) is 2.10. The smallest absolute Gasteiger partial charge is 0.0701 e. The van der Waals surface area contributed by atoms with Crippen LogP contribution in [0.1, 0.15) is 6.92 Å². The summed E-state index contributed by atoms with van der Waals surface area (Å²) in [4.78, 5) is 0. The second-order valence-electron chi connectivity index (χ2n) is 2.11. The lowest BCUT2D eigenvalue weighted by molar-refractivity contribution is 0.0203. The van der Waals surface area contributed by atoms with Gasteiger partial charge in [0.15, 0.2) is 0 Å². The van der Waals surface area contributed by atoms with E-state index in [1.807, 2.05) is 6.92 Å². The SMILES string of the molecule is CCOCCOCCOCCI. The van der Waals surface area contributed by atoms with Crippen LogP contribution in [0.25, 0.3) is 0 Å². The predicted octanol–water partition coefficient (Wildman–Crippen LogP) is 1.49. The fraction of sp³-hybridized carbons (Fsp3) is 1.00. The molecule has 0 fully saturated rings. The predicted molar refractivity (Wildman–Crippen MR) is 57.0 cm³/mol. The van der Waals surface area contributed by atoms with Crippen LogP contribution < -0.4 is 0 Å². The van der Waals surface area contributed by atoms with E-state index in [9.17, 15) is 0 Å². The Morgan fingerprint density at radius 3 is 1.83 bits per heavy atom. The minimum absolute atomic E-state index is 0.668. The molecule has 12 heavy (non-hydrogen) atoms. The summed E-state index contributed by atoms with van der Waals surface area (Å²) in [5, 5.41) is 0. The lowest BCUT2D eigenvalue weighted by Gasteiger charge is -2.04. The van der Waals surface area contributed by atoms with E-state index in [-0.39, 0.29) is 0 Å². The summed E-state index contributed by atoms with van der Waals surface area (Å²) < 4.78 is 16.6. The van der Waals surface area contributed by atoms with Crippen LogP contribution in [-0.4, -0.2) is 44.1 Å². The summed E-state index contributed by atoms with van der Waals surface area (Å²) in [5.41, 5.74) is 0. The molecule has 0 atom stereocenters. The molecule has 0 spiro atoms. The molecule has 0 aliphatic heterocycles. The molecule has 0 aliphatic rings. The molecule has 3 nitrogen and oxygen atoms in total. The van der Waals surface area contributed by atoms with Gasteiger partial charge in [-0.3, -0.25) is 0 Å². The lowest BCUT2D eigenvalue weighted by Crippen LogP contribution is -2.09. The number of alkyl halides is 1. The Balaban J connectivity index is 2.73. The molecule has 0 radical (unpaired) electrons. The van der Waals surface area contributed by atoms with Crippen LogP contribution in [0, 0.1) is 0 Å². The van der Waals surface area contributed by atoms with E-state index >= 15 is 0 Å². The maximum atomic E-state index is 5.23. The molecule has 0 amide bonds. The molecular formula is C8H17IO3. The van der Waals surface area contributed by atoms with Crippen LogP contribution in [0.2, 0.25) is 0 Å². The molecule has 0 aliphatic carbocycles. The van der Waals surface area contributed by atoms with Crippen molar-refractivity contribution in [2.45, 2.75) is 6.92 Å². The average molecular weight is 288 g/mol. The Kier molecular flexibility index (Phi) is 12.2. The molecule has 4 heteroatoms. The van der Waals surface area contributed by atoms with Crippen molar-refractivity contribution in [3.8, 4) is 0 Å². The number of ether oxygens (including phenoxy) is 3. The molecule has 0 unspecified atom stereocenters. The summed E-state index contributed by atoms with van der Waals surface area (Å²) in [6.07, 6.45) is 0. The fourth-order valence-electron chi connectivity index (χ4n) is 0.639. The number of hydrogen-bond donors (Lipinski definition) is 0. The topological polar surface area (TPSA) is 27.7 Å². The second kappa shape index (κ2) is 11.6. The van der Waals surface area contributed by atoms with Gasteiger partial charge in [0.25, 0.3) is 0 Å². The number of rotatable bonds is 9. The highest BCUT2D eigenvalue weighted by Crippen LogP contribution is 1.84. The Bertz CT molecular complexity index is 70.7. The van der Waals surface area contributed by atoms with E-state index in [1.165, 1.54) is 0 Å². The van der Waals surface area contributed by atoms with E-state index in [1.54, 1.807) is 0 Å². The fourth-order valence-corrected chi connectivity index (χ4v) is 0.950. The molecule has 0 aromatic carbocycles. The van der Waals surface area contributed by atoms with Crippen molar-refractivity contribution in [2.75, 3.05) is 44.1 Å². The summed E-state index contributed by atoms with van der Waals surface area (Å²) >= 11 is 2.28. The van der Waals surface area contributed by atoms with E-state index in [0.717, 1.165) is 17.6 Å². The quantitative estimate of drug-likeness (QED) is 0.365. The molecule has 0 N–H and O–H groups in total. The van der Waals surface area contributed by atoms with Crippen molar-refractivity contribution in [1.29, 1.82) is 0 Å². The van der Waals surface area contributed by atoms with Crippen molar-refractivity contribution in [1.82, 2.24) is 0 Å². The normalized spacial score (nSPS) is 10.5. The Hall–Kier alpha value is 0.610. The largest absolute Gasteiger partial charge is 0.379 e. The van der Waals surface area contributed by atoms with E-state index < -0.39 is 0 Å². The zero-order valence-electron chi connectivity index (χ0n) is 7.55. The lowest BCUT2D eigenvalue weighted by atomic mass is 10.7. The molecular weight excluding hydrogens is 271 g/mol. The maximum Gasteiger partial charge on any atom is 0.0701 e. The van der Waals surface area contributed by atoms with Crippen LogP contribution in [0.5, 0.6) is 0 Å². The van der Waals surface area contributed by atoms with Crippen LogP contribution in [0.15, 0.2) is 0 Å². The third-order valence-corrected chi connectivity index (χ3v) is 1.61. The molecule has 0 heterocycles. The van der Waals surface area contributed by atoms with Gasteiger partial charge in [0.05, 0.1) is 33.0 Å². The van der Waals surface area contributed by atoms with Gasteiger partial charge in [-0.25, -0.2) is 0 Å². The Morgan fingerprint density at radius 2 is 1.33 bits per heavy atom. The highest BCUT2D eigenvalue weighted by atomic mass is 127. The maximum absolute atomic E-state index is 5.23.